The van der Waals surface area contributed by atoms with E-state index in [1.54, 1.807) is 0 Å². The molecule has 0 heterocycles. The Morgan fingerprint density at radius 1 is 1.46 bits per heavy atom. The first kappa shape index (κ1) is 10.5. The molecular weight excluding hydrogens is 200 g/mol. The van der Waals surface area contributed by atoms with Crippen molar-refractivity contribution in [3.8, 4) is 0 Å². The molecule has 0 radical (unpaired) electrons. The fraction of sp³-hybridized carbons (Fsp3) is 0.300. The molecule has 13 heavy (non-hydrogen) atoms. The zero-order valence-corrected chi connectivity index (χ0v) is 9.15. The summed E-state index contributed by atoms with van der Waals surface area (Å²) in [5.41, 5.74) is 1.14. The molecule has 0 fully saturated rings. The lowest BCUT2D eigenvalue weighted by Crippen LogP contribution is -2.04. The van der Waals surface area contributed by atoms with Crippen molar-refractivity contribution in [3.05, 3.63) is 35.9 Å². The van der Waals surface area contributed by atoms with Crippen LogP contribution < -0.4 is 0 Å². The predicted molar refractivity (Wildman–Crippen MR) is 62.1 cm³/mol. The molecule has 0 aliphatic heterocycles. The van der Waals surface area contributed by atoms with Gasteiger partial charge in [0.05, 0.1) is 0 Å². The molecule has 0 saturated carbocycles. The van der Waals surface area contributed by atoms with Crippen LogP contribution in [0.15, 0.2) is 30.3 Å². The van der Waals surface area contributed by atoms with Crippen LogP contribution in [0.5, 0.6) is 0 Å². The van der Waals surface area contributed by atoms with Gasteiger partial charge in [-0.3, -0.25) is 0 Å². The number of benzene rings is 1. The van der Waals surface area contributed by atoms with E-state index >= 15 is 0 Å². The summed E-state index contributed by atoms with van der Waals surface area (Å²) >= 11 is 8.73. The average Bonchev–Trinajstić information content (AvgIpc) is 2.15. The van der Waals surface area contributed by atoms with Gasteiger partial charge in [-0.25, -0.2) is 0 Å². The lowest BCUT2D eigenvalue weighted by atomic mass is 10.1. The largest absolute Gasteiger partial charge is 0.471 e. The summed E-state index contributed by atoms with van der Waals surface area (Å²) in [5, 5.41) is 0. The minimum absolute atomic E-state index is 0.0335. The van der Waals surface area contributed by atoms with E-state index in [1.807, 2.05) is 30.3 Å². The summed E-state index contributed by atoms with van der Waals surface area (Å²) in [6, 6.07) is 10.0. The Balaban J connectivity index is 2.73. The maximum Gasteiger partial charge on any atom is 0.217 e. The van der Waals surface area contributed by atoms with Gasteiger partial charge in [-0.15, -0.1) is 0 Å². The van der Waals surface area contributed by atoms with Crippen LogP contribution in [0.4, 0.5) is 0 Å². The second kappa shape index (κ2) is 5.25. The molecule has 0 bridgehead atoms. The monoisotopic (exact) mass is 212 g/mol. The standard InChI is InChI=1S/C10H12OS2/c1-2-9(11-10(12)13)8-6-4-3-5-7-8/h3-7,9H,2H2,1H3,(H,12,13). The number of ether oxygens (including phenoxy) is 1. The van der Waals surface area contributed by atoms with Gasteiger partial charge in [0.25, 0.3) is 0 Å². The Kier molecular flexibility index (Phi) is 4.25. The van der Waals surface area contributed by atoms with Crippen molar-refractivity contribution in [1.82, 2.24) is 0 Å². The highest BCUT2D eigenvalue weighted by Gasteiger charge is 2.09. The molecule has 1 atom stereocenters. The molecule has 1 rings (SSSR count). The second-order valence-electron chi connectivity index (χ2n) is 2.69. The first-order valence-electron chi connectivity index (χ1n) is 4.18. The van der Waals surface area contributed by atoms with E-state index in [0.717, 1.165) is 12.0 Å². The van der Waals surface area contributed by atoms with Crippen molar-refractivity contribution in [2.75, 3.05) is 0 Å². The highest BCUT2D eigenvalue weighted by molar-refractivity contribution is 8.10. The highest BCUT2D eigenvalue weighted by atomic mass is 32.1. The van der Waals surface area contributed by atoms with E-state index in [-0.39, 0.29) is 6.10 Å². The van der Waals surface area contributed by atoms with Crippen molar-refractivity contribution >= 4 is 29.2 Å². The predicted octanol–water partition coefficient (Wildman–Crippen LogP) is 3.37. The van der Waals surface area contributed by atoms with Gasteiger partial charge in [-0.1, -0.05) is 49.9 Å². The van der Waals surface area contributed by atoms with Gasteiger partial charge in [0, 0.05) is 0 Å². The molecule has 1 aromatic rings. The molecule has 0 N–H and O–H groups in total. The highest BCUT2D eigenvalue weighted by Crippen LogP contribution is 2.21. The van der Waals surface area contributed by atoms with E-state index in [4.69, 9.17) is 17.0 Å². The van der Waals surface area contributed by atoms with Gasteiger partial charge in [0.1, 0.15) is 6.10 Å². The van der Waals surface area contributed by atoms with Gasteiger partial charge in [-0.05, 0) is 24.2 Å². The zero-order valence-electron chi connectivity index (χ0n) is 7.43. The third kappa shape index (κ3) is 3.36. The van der Waals surface area contributed by atoms with E-state index < -0.39 is 0 Å². The number of rotatable bonds is 3. The summed E-state index contributed by atoms with van der Waals surface area (Å²) in [7, 11) is 0. The molecule has 1 aromatic carbocycles. The van der Waals surface area contributed by atoms with E-state index in [2.05, 4.69) is 19.6 Å². The fourth-order valence-electron chi connectivity index (χ4n) is 1.18. The quantitative estimate of drug-likeness (QED) is 0.607. The third-order valence-electron chi connectivity index (χ3n) is 1.79. The van der Waals surface area contributed by atoms with Gasteiger partial charge in [0.15, 0.2) is 0 Å². The molecule has 1 nitrogen and oxygen atoms in total. The van der Waals surface area contributed by atoms with Crippen molar-refractivity contribution in [1.29, 1.82) is 0 Å². The molecule has 0 aliphatic carbocycles. The Labute approximate surface area is 89.5 Å². The summed E-state index contributed by atoms with van der Waals surface area (Å²) < 4.78 is 5.68. The topological polar surface area (TPSA) is 9.23 Å². The van der Waals surface area contributed by atoms with Crippen molar-refractivity contribution in [2.45, 2.75) is 19.4 Å². The zero-order chi connectivity index (χ0) is 9.68. The van der Waals surface area contributed by atoms with Crippen LogP contribution in [-0.2, 0) is 4.74 Å². The van der Waals surface area contributed by atoms with Crippen LogP contribution in [0, 0.1) is 0 Å². The number of hydrogen-bond acceptors (Lipinski definition) is 2. The first-order chi connectivity index (χ1) is 6.24. The summed E-state index contributed by atoms with van der Waals surface area (Å²) in [5.74, 6) is 0. The molecule has 3 heteroatoms. The third-order valence-corrected chi connectivity index (χ3v) is 1.99. The SMILES string of the molecule is CCC(OC(=S)S)c1ccccc1. The van der Waals surface area contributed by atoms with Crippen molar-refractivity contribution < 1.29 is 4.74 Å². The van der Waals surface area contributed by atoms with Crippen LogP contribution in [-0.4, -0.2) is 4.38 Å². The summed E-state index contributed by atoms with van der Waals surface area (Å²) in [6.07, 6.45) is 0.927. The van der Waals surface area contributed by atoms with Crippen LogP contribution in [0.25, 0.3) is 0 Å². The minimum atomic E-state index is 0.0335. The number of thiol groups is 1. The maximum absolute atomic E-state index is 5.38. The van der Waals surface area contributed by atoms with Crippen molar-refractivity contribution in [3.63, 3.8) is 0 Å². The number of hydrogen-bond donors (Lipinski definition) is 1. The van der Waals surface area contributed by atoms with Crippen LogP contribution in [0.1, 0.15) is 25.0 Å². The molecule has 0 saturated heterocycles. The van der Waals surface area contributed by atoms with Gasteiger partial charge in [-0.2, -0.15) is 0 Å². The summed E-state index contributed by atoms with van der Waals surface area (Å²) in [4.78, 5) is 0. The summed E-state index contributed by atoms with van der Waals surface area (Å²) in [6.45, 7) is 2.06. The van der Waals surface area contributed by atoms with Crippen molar-refractivity contribution in [2.24, 2.45) is 0 Å². The Morgan fingerprint density at radius 2 is 2.08 bits per heavy atom. The smallest absolute Gasteiger partial charge is 0.217 e. The molecule has 0 amide bonds. The van der Waals surface area contributed by atoms with E-state index in [9.17, 15) is 0 Å². The average molecular weight is 212 g/mol. The van der Waals surface area contributed by atoms with Crippen LogP contribution in [0.3, 0.4) is 0 Å². The van der Waals surface area contributed by atoms with Crippen LogP contribution >= 0.6 is 24.8 Å². The molecule has 0 aliphatic rings. The maximum atomic E-state index is 5.38. The molecule has 0 aromatic heterocycles. The molecule has 1 unspecified atom stereocenters. The Morgan fingerprint density at radius 3 is 2.54 bits per heavy atom. The number of thiocarbonyl (C=S) groups is 1. The minimum Gasteiger partial charge on any atom is -0.471 e. The lowest BCUT2D eigenvalue weighted by molar-refractivity contribution is 0.200. The second-order valence-corrected chi connectivity index (χ2v) is 3.77. The van der Waals surface area contributed by atoms with Crippen LogP contribution in [0.2, 0.25) is 0 Å². The molecule has 70 valence electrons. The normalized spacial score (nSPS) is 12.2. The van der Waals surface area contributed by atoms with Gasteiger partial charge in [0.2, 0.25) is 4.38 Å². The lowest BCUT2D eigenvalue weighted by Gasteiger charge is -2.15. The molecular formula is C10H12OS2. The van der Waals surface area contributed by atoms with Gasteiger partial charge >= 0.3 is 0 Å². The first-order valence-corrected chi connectivity index (χ1v) is 5.04. The Bertz CT molecular complexity index is 272. The van der Waals surface area contributed by atoms with Gasteiger partial charge < -0.3 is 4.74 Å². The van der Waals surface area contributed by atoms with E-state index in [0.29, 0.717) is 4.38 Å². The van der Waals surface area contributed by atoms with E-state index in [1.165, 1.54) is 0 Å². The fourth-order valence-corrected chi connectivity index (χ4v) is 1.42. The Hall–Kier alpha value is -0.540. The molecule has 0 spiro atoms.